The van der Waals surface area contributed by atoms with Gasteiger partial charge >= 0.3 is 6.18 Å². The lowest BCUT2D eigenvalue weighted by molar-refractivity contribution is -0.137. The number of para-hydroxylation sites is 2. The standard InChI is InChI=1S/C14H7F5N2/c15-8-5-7(14(17,18)19)6-9(16)12(8)13-20-10-3-1-2-4-11(10)21-13/h1-6H,(H,20,21). The quantitative estimate of drug-likeness (QED) is 0.657. The van der Waals surface area contributed by atoms with Gasteiger partial charge in [-0.3, -0.25) is 0 Å². The number of halogens is 5. The maximum atomic E-state index is 13.9. The van der Waals surface area contributed by atoms with E-state index < -0.39 is 28.9 Å². The van der Waals surface area contributed by atoms with Crippen LogP contribution in [-0.4, -0.2) is 9.97 Å². The number of H-pyrrole nitrogens is 1. The molecule has 0 aliphatic heterocycles. The first kappa shape index (κ1) is 13.5. The first-order valence-electron chi connectivity index (χ1n) is 5.87. The van der Waals surface area contributed by atoms with Gasteiger partial charge in [0.1, 0.15) is 17.5 Å². The minimum Gasteiger partial charge on any atom is -0.338 e. The number of alkyl halides is 3. The molecule has 0 amide bonds. The molecule has 108 valence electrons. The second kappa shape index (κ2) is 4.54. The molecule has 0 spiro atoms. The van der Waals surface area contributed by atoms with E-state index in [2.05, 4.69) is 9.97 Å². The molecule has 0 radical (unpaired) electrons. The van der Waals surface area contributed by atoms with E-state index >= 15 is 0 Å². The number of aromatic nitrogens is 2. The smallest absolute Gasteiger partial charge is 0.338 e. The van der Waals surface area contributed by atoms with Gasteiger partial charge in [0, 0.05) is 0 Å². The summed E-state index contributed by atoms with van der Waals surface area (Å²) in [6.45, 7) is 0. The predicted octanol–water partition coefficient (Wildman–Crippen LogP) is 4.53. The van der Waals surface area contributed by atoms with Gasteiger partial charge in [0.2, 0.25) is 0 Å². The number of nitrogens with one attached hydrogen (secondary N) is 1. The minimum absolute atomic E-state index is 0.153. The molecule has 3 rings (SSSR count). The largest absolute Gasteiger partial charge is 0.416 e. The summed E-state index contributed by atoms with van der Waals surface area (Å²) in [5, 5.41) is 0. The van der Waals surface area contributed by atoms with E-state index in [1.54, 1.807) is 24.3 Å². The van der Waals surface area contributed by atoms with Crippen LogP contribution in [0, 0.1) is 11.6 Å². The van der Waals surface area contributed by atoms with E-state index in [0.29, 0.717) is 11.0 Å². The van der Waals surface area contributed by atoms with Crippen molar-refractivity contribution in [3.8, 4) is 11.4 Å². The third-order valence-electron chi connectivity index (χ3n) is 3.00. The van der Waals surface area contributed by atoms with Crippen LogP contribution in [0.5, 0.6) is 0 Å². The highest BCUT2D eigenvalue weighted by Crippen LogP contribution is 2.34. The molecule has 0 aliphatic rings. The van der Waals surface area contributed by atoms with Gasteiger partial charge in [-0.2, -0.15) is 13.2 Å². The number of benzene rings is 2. The number of rotatable bonds is 1. The third kappa shape index (κ3) is 2.35. The summed E-state index contributed by atoms with van der Waals surface area (Å²) < 4.78 is 65.2. The summed E-state index contributed by atoms with van der Waals surface area (Å²) in [6.07, 6.45) is -4.81. The third-order valence-corrected chi connectivity index (χ3v) is 3.00. The number of hydrogen-bond acceptors (Lipinski definition) is 1. The molecule has 1 aromatic heterocycles. The summed E-state index contributed by atoms with van der Waals surface area (Å²) in [4.78, 5) is 6.66. The van der Waals surface area contributed by atoms with E-state index in [-0.39, 0.29) is 18.0 Å². The lowest BCUT2D eigenvalue weighted by atomic mass is 10.1. The van der Waals surface area contributed by atoms with Gasteiger partial charge in [-0.15, -0.1) is 0 Å². The van der Waals surface area contributed by atoms with Gasteiger partial charge in [0.05, 0.1) is 22.2 Å². The topological polar surface area (TPSA) is 28.7 Å². The van der Waals surface area contributed by atoms with Crippen LogP contribution in [0.15, 0.2) is 36.4 Å². The number of nitrogens with zero attached hydrogens (tertiary/aromatic N) is 1. The molecule has 3 aromatic rings. The fourth-order valence-electron chi connectivity index (χ4n) is 2.03. The van der Waals surface area contributed by atoms with Gasteiger partial charge in [-0.1, -0.05) is 12.1 Å². The monoisotopic (exact) mass is 298 g/mol. The molecule has 0 saturated carbocycles. The molecule has 2 nitrogen and oxygen atoms in total. The molecule has 0 saturated heterocycles. The van der Waals surface area contributed by atoms with Gasteiger partial charge in [-0.05, 0) is 24.3 Å². The molecule has 0 unspecified atom stereocenters. The van der Waals surface area contributed by atoms with Crippen LogP contribution in [0.4, 0.5) is 22.0 Å². The molecule has 7 heteroatoms. The van der Waals surface area contributed by atoms with Crippen LogP contribution < -0.4 is 0 Å². The molecule has 2 aromatic carbocycles. The first-order valence-corrected chi connectivity index (χ1v) is 5.87. The molecule has 1 N–H and O–H groups in total. The van der Waals surface area contributed by atoms with Crippen LogP contribution in [-0.2, 0) is 6.18 Å². The van der Waals surface area contributed by atoms with Crippen molar-refractivity contribution < 1.29 is 22.0 Å². The summed E-state index contributed by atoms with van der Waals surface area (Å²) in [5.41, 5.74) is -0.992. The van der Waals surface area contributed by atoms with E-state index in [1.807, 2.05) is 0 Å². The predicted molar refractivity (Wildman–Crippen MR) is 66.4 cm³/mol. The van der Waals surface area contributed by atoms with E-state index in [0.717, 1.165) is 0 Å². The van der Waals surface area contributed by atoms with Crippen LogP contribution in [0.3, 0.4) is 0 Å². The van der Waals surface area contributed by atoms with Crippen molar-refractivity contribution in [1.82, 2.24) is 9.97 Å². The molecular formula is C14H7F5N2. The fraction of sp³-hybridized carbons (Fsp3) is 0.0714. The average molecular weight is 298 g/mol. The molecular weight excluding hydrogens is 291 g/mol. The zero-order valence-corrected chi connectivity index (χ0v) is 10.3. The lowest BCUT2D eigenvalue weighted by Gasteiger charge is -2.09. The number of imidazole rings is 1. The van der Waals surface area contributed by atoms with E-state index in [1.165, 1.54) is 0 Å². The Morgan fingerprint density at radius 1 is 0.952 bits per heavy atom. The Labute approximate surface area is 115 Å². The van der Waals surface area contributed by atoms with Crippen molar-refractivity contribution in [3.63, 3.8) is 0 Å². The van der Waals surface area contributed by atoms with Crippen molar-refractivity contribution in [2.75, 3.05) is 0 Å². The molecule has 1 heterocycles. The number of fused-ring (bicyclic) bond motifs is 1. The Morgan fingerprint density at radius 2 is 1.57 bits per heavy atom. The summed E-state index contributed by atoms with van der Waals surface area (Å²) >= 11 is 0. The summed E-state index contributed by atoms with van der Waals surface area (Å²) in [6, 6.07) is 7.16. The Morgan fingerprint density at radius 3 is 2.14 bits per heavy atom. The van der Waals surface area contributed by atoms with Crippen molar-refractivity contribution in [2.24, 2.45) is 0 Å². The SMILES string of the molecule is Fc1cc(C(F)(F)F)cc(F)c1-c1nc2ccccc2[nH]1. The molecule has 21 heavy (non-hydrogen) atoms. The second-order valence-electron chi connectivity index (χ2n) is 4.42. The van der Waals surface area contributed by atoms with Gasteiger partial charge in [0.25, 0.3) is 0 Å². The van der Waals surface area contributed by atoms with Crippen LogP contribution in [0.25, 0.3) is 22.4 Å². The highest BCUT2D eigenvalue weighted by molar-refractivity contribution is 5.79. The van der Waals surface area contributed by atoms with Crippen LogP contribution in [0.2, 0.25) is 0 Å². The fourth-order valence-corrected chi connectivity index (χ4v) is 2.03. The summed E-state index contributed by atoms with van der Waals surface area (Å²) in [5.74, 6) is -2.79. The number of hydrogen-bond donors (Lipinski definition) is 1. The minimum atomic E-state index is -4.81. The molecule has 0 fully saturated rings. The Hall–Kier alpha value is -2.44. The van der Waals surface area contributed by atoms with E-state index in [9.17, 15) is 22.0 Å². The Balaban J connectivity index is 2.18. The molecule has 0 atom stereocenters. The van der Waals surface area contributed by atoms with Crippen molar-refractivity contribution in [2.45, 2.75) is 6.18 Å². The van der Waals surface area contributed by atoms with Crippen molar-refractivity contribution >= 4 is 11.0 Å². The van der Waals surface area contributed by atoms with Gasteiger partial charge in [-0.25, -0.2) is 13.8 Å². The molecule has 0 bridgehead atoms. The highest BCUT2D eigenvalue weighted by Gasteiger charge is 2.33. The van der Waals surface area contributed by atoms with Crippen LogP contribution in [0.1, 0.15) is 5.56 Å². The zero-order valence-electron chi connectivity index (χ0n) is 10.3. The maximum Gasteiger partial charge on any atom is 0.416 e. The van der Waals surface area contributed by atoms with Crippen LogP contribution >= 0.6 is 0 Å². The molecule has 0 aliphatic carbocycles. The summed E-state index contributed by atoms with van der Waals surface area (Å²) in [7, 11) is 0. The number of aromatic amines is 1. The Kier molecular flexibility index (Phi) is 2.93. The second-order valence-corrected chi connectivity index (χ2v) is 4.42. The maximum absolute atomic E-state index is 13.9. The van der Waals surface area contributed by atoms with Crippen molar-refractivity contribution in [3.05, 3.63) is 53.6 Å². The average Bonchev–Trinajstić information content (AvgIpc) is 2.79. The van der Waals surface area contributed by atoms with Gasteiger partial charge < -0.3 is 4.98 Å². The van der Waals surface area contributed by atoms with Crippen molar-refractivity contribution in [1.29, 1.82) is 0 Å². The highest BCUT2D eigenvalue weighted by atomic mass is 19.4. The Bertz CT molecular complexity index is 764. The van der Waals surface area contributed by atoms with Gasteiger partial charge in [0.15, 0.2) is 0 Å². The zero-order chi connectivity index (χ0) is 15.2. The normalized spacial score (nSPS) is 12.0. The van der Waals surface area contributed by atoms with E-state index in [4.69, 9.17) is 0 Å². The first-order chi connectivity index (χ1) is 9.86. The lowest BCUT2D eigenvalue weighted by Crippen LogP contribution is -2.07.